The molecule has 0 saturated carbocycles. The molecule has 0 aliphatic carbocycles. The van der Waals surface area contributed by atoms with Crippen molar-refractivity contribution in [2.75, 3.05) is 31.9 Å². The second kappa shape index (κ2) is 5.26. The molecule has 1 aromatic heterocycles. The van der Waals surface area contributed by atoms with E-state index in [1.807, 2.05) is 23.1 Å². The number of fused-ring (bicyclic) bond motifs is 1. The molecule has 0 spiro atoms. The number of aromatic nitrogens is 1. The predicted octanol–water partition coefficient (Wildman–Crippen LogP) is 1.90. The first-order valence-corrected chi connectivity index (χ1v) is 8.32. The van der Waals surface area contributed by atoms with Crippen molar-refractivity contribution in [3.8, 4) is 0 Å². The fourth-order valence-electron chi connectivity index (χ4n) is 2.45. The van der Waals surface area contributed by atoms with Crippen LogP contribution in [0.4, 0.5) is 0 Å². The van der Waals surface area contributed by atoms with Gasteiger partial charge in [0.25, 0.3) is 0 Å². The lowest BCUT2D eigenvalue weighted by molar-refractivity contribution is 0.185. The fourth-order valence-corrected chi connectivity index (χ4v) is 4.76. The van der Waals surface area contributed by atoms with Gasteiger partial charge in [-0.3, -0.25) is 4.90 Å². The Kier molecular flexibility index (Phi) is 3.70. The van der Waals surface area contributed by atoms with Crippen molar-refractivity contribution in [2.24, 2.45) is 0 Å². The van der Waals surface area contributed by atoms with Crippen LogP contribution < -0.4 is 5.32 Å². The van der Waals surface area contributed by atoms with E-state index in [0.29, 0.717) is 6.04 Å². The SMILES string of the molecule is CC(c1nc2c(s1)CSCC2)N1CCNCC1. The van der Waals surface area contributed by atoms with E-state index in [0.717, 1.165) is 26.2 Å². The van der Waals surface area contributed by atoms with E-state index in [4.69, 9.17) is 4.98 Å². The van der Waals surface area contributed by atoms with Crippen LogP contribution in [0.15, 0.2) is 0 Å². The molecular weight excluding hydrogens is 250 g/mol. The van der Waals surface area contributed by atoms with Crippen LogP contribution in [0.5, 0.6) is 0 Å². The molecule has 0 radical (unpaired) electrons. The summed E-state index contributed by atoms with van der Waals surface area (Å²) in [6.45, 7) is 6.85. The number of thiazole rings is 1. The molecule has 1 fully saturated rings. The number of hydrogen-bond donors (Lipinski definition) is 1. The number of hydrogen-bond acceptors (Lipinski definition) is 5. The fraction of sp³-hybridized carbons (Fsp3) is 0.750. The Hall–Kier alpha value is -0.100. The first-order valence-electron chi connectivity index (χ1n) is 6.35. The van der Waals surface area contributed by atoms with Crippen LogP contribution >= 0.6 is 23.1 Å². The Labute approximate surface area is 111 Å². The van der Waals surface area contributed by atoms with Gasteiger partial charge in [0.15, 0.2) is 0 Å². The molecule has 2 aliphatic heterocycles. The number of aryl methyl sites for hydroxylation is 1. The van der Waals surface area contributed by atoms with Crippen LogP contribution in [0, 0.1) is 0 Å². The highest BCUT2D eigenvalue weighted by Crippen LogP contribution is 2.33. The summed E-state index contributed by atoms with van der Waals surface area (Å²) >= 11 is 3.99. The van der Waals surface area contributed by atoms with E-state index >= 15 is 0 Å². The minimum Gasteiger partial charge on any atom is -0.314 e. The number of thioether (sulfide) groups is 1. The lowest BCUT2D eigenvalue weighted by Gasteiger charge is -2.31. The Bertz CT molecular complexity index is 362. The monoisotopic (exact) mass is 269 g/mol. The van der Waals surface area contributed by atoms with Crippen LogP contribution in [0.2, 0.25) is 0 Å². The van der Waals surface area contributed by atoms with Crippen molar-refractivity contribution in [3.05, 3.63) is 15.6 Å². The third-order valence-corrected chi connectivity index (χ3v) is 6.00. The summed E-state index contributed by atoms with van der Waals surface area (Å²) in [6, 6.07) is 0.498. The van der Waals surface area contributed by atoms with E-state index in [-0.39, 0.29) is 0 Å². The van der Waals surface area contributed by atoms with E-state index < -0.39 is 0 Å². The lowest BCUT2D eigenvalue weighted by Crippen LogP contribution is -2.44. The molecule has 3 heterocycles. The zero-order valence-corrected chi connectivity index (χ0v) is 11.9. The van der Waals surface area contributed by atoms with Crippen molar-refractivity contribution in [2.45, 2.75) is 25.1 Å². The van der Waals surface area contributed by atoms with Gasteiger partial charge in [-0.2, -0.15) is 11.8 Å². The standard InChI is InChI=1S/C12H19N3S2/c1-9(15-5-3-13-4-6-15)12-14-10-2-7-16-8-11(10)17-12/h9,13H,2-8H2,1H3. The second-order valence-electron chi connectivity index (χ2n) is 4.69. The minimum absolute atomic E-state index is 0.498. The highest BCUT2D eigenvalue weighted by atomic mass is 32.2. The molecular formula is C12H19N3S2. The van der Waals surface area contributed by atoms with Gasteiger partial charge in [-0.15, -0.1) is 11.3 Å². The maximum atomic E-state index is 4.87. The highest BCUT2D eigenvalue weighted by molar-refractivity contribution is 7.98. The number of nitrogens with zero attached hydrogens (tertiary/aromatic N) is 2. The molecule has 1 N–H and O–H groups in total. The first kappa shape index (κ1) is 12.0. The zero-order valence-electron chi connectivity index (χ0n) is 10.2. The van der Waals surface area contributed by atoms with Crippen LogP contribution in [-0.4, -0.2) is 41.8 Å². The average Bonchev–Trinajstić information content (AvgIpc) is 2.82. The molecule has 5 heteroatoms. The minimum atomic E-state index is 0.498. The van der Waals surface area contributed by atoms with Gasteiger partial charge >= 0.3 is 0 Å². The molecule has 1 atom stereocenters. The summed E-state index contributed by atoms with van der Waals surface area (Å²) in [5.41, 5.74) is 1.38. The summed E-state index contributed by atoms with van der Waals surface area (Å²) in [6.07, 6.45) is 1.17. The number of rotatable bonds is 2. The zero-order chi connectivity index (χ0) is 11.7. The van der Waals surface area contributed by atoms with Crippen molar-refractivity contribution >= 4 is 23.1 Å². The smallest absolute Gasteiger partial charge is 0.110 e. The molecule has 0 bridgehead atoms. The maximum Gasteiger partial charge on any atom is 0.110 e. The molecule has 1 unspecified atom stereocenters. The Balaban J connectivity index is 1.76. The predicted molar refractivity (Wildman–Crippen MR) is 74.8 cm³/mol. The quantitative estimate of drug-likeness (QED) is 0.887. The Morgan fingerprint density at radius 1 is 1.35 bits per heavy atom. The average molecular weight is 269 g/mol. The molecule has 3 rings (SSSR count). The number of piperazine rings is 1. The molecule has 17 heavy (non-hydrogen) atoms. The summed E-state index contributed by atoms with van der Waals surface area (Å²) in [7, 11) is 0. The molecule has 3 nitrogen and oxygen atoms in total. The molecule has 1 aromatic rings. The van der Waals surface area contributed by atoms with Crippen molar-refractivity contribution in [1.29, 1.82) is 0 Å². The van der Waals surface area contributed by atoms with Gasteiger partial charge in [-0.05, 0) is 19.1 Å². The van der Waals surface area contributed by atoms with Crippen molar-refractivity contribution in [1.82, 2.24) is 15.2 Å². The van der Waals surface area contributed by atoms with Gasteiger partial charge in [0.05, 0.1) is 11.7 Å². The summed E-state index contributed by atoms with van der Waals surface area (Å²) in [5, 5.41) is 4.74. The van der Waals surface area contributed by atoms with E-state index in [9.17, 15) is 0 Å². The topological polar surface area (TPSA) is 28.2 Å². The lowest BCUT2D eigenvalue weighted by atomic mass is 10.2. The summed E-state index contributed by atoms with van der Waals surface area (Å²) in [4.78, 5) is 8.94. The summed E-state index contributed by atoms with van der Waals surface area (Å²) in [5.74, 6) is 2.43. The Morgan fingerprint density at radius 3 is 2.94 bits per heavy atom. The van der Waals surface area contributed by atoms with Crippen molar-refractivity contribution in [3.63, 3.8) is 0 Å². The van der Waals surface area contributed by atoms with Gasteiger partial charge in [-0.25, -0.2) is 4.98 Å². The first-order chi connectivity index (χ1) is 8.34. The van der Waals surface area contributed by atoms with E-state index in [2.05, 4.69) is 17.1 Å². The third-order valence-electron chi connectivity index (χ3n) is 3.57. The van der Waals surface area contributed by atoms with E-state index in [1.165, 1.54) is 33.5 Å². The Morgan fingerprint density at radius 2 is 2.18 bits per heavy atom. The van der Waals surface area contributed by atoms with Gasteiger partial charge in [0, 0.05) is 36.8 Å². The largest absolute Gasteiger partial charge is 0.314 e. The van der Waals surface area contributed by atoms with Crippen LogP contribution in [0.3, 0.4) is 0 Å². The molecule has 0 aromatic carbocycles. The maximum absolute atomic E-state index is 4.87. The van der Waals surface area contributed by atoms with Crippen LogP contribution in [-0.2, 0) is 12.2 Å². The molecule has 2 aliphatic rings. The highest BCUT2D eigenvalue weighted by Gasteiger charge is 2.23. The van der Waals surface area contributed by atoms with Gasteiger partial charge in [-0.1, -0.05) is 0 Å². The van der Waals surface area contributed by atoms with Gasteiger partial charge < -0.3 is 5.32 Å². The normalized spacial score (nSPS) is 23.4. The summed E-state index contributed by atoms with van der Waals surface area (Å²) < 4.78 is 0. The van der Waals surface area contributed by atoms with Crippen molar-refractivity contribution < 1.29 is 0 Å². The molecule has 94 valence electrons. The van der Waals surface area contributed by atoms with Crippen LogP contribution in [0.1, 0.15) is 28.5 Å². The van der Waals surface area contributed by atoms with E-state index in [1.54, 1.807) is 0 Å². The van der Waals surface area contributed by atoms with Gasteiger partial charge in [0.1, 0.15) is 5.01 Å². The van der Waals surface area contributed by atoms with Gasteiger partial charge in [0.2, 0.25) is 0 Å². The molecule has 1 saturated heterocycles. The second-order valence-corrected chi connectivity index (χ2v) is 6.91. The van der Waals surface area contributed by atoms with Crippen LogP contribution in [0.25, 0.3) is 0 Å². The molecule has 0 amide bonds. The third kappa shape index (κ3) is 2.52. The number of nitrogens with one attached hydrogen (secondary N) is 1.